The number of aliphatic hydroxyl groups is 3. The van der Waals surface area contributed by atoms with Gasteiger partial charge in [0, 0.05) is 12.6 Å². The molecule has 134 valence electrons. The van der Waals surface area contributed by atoms with Crippen LogP contribution in [0.2, 0.25) is 0 Å². The number of amides is 1. The van der Waals surface area contributed by atoms with E-state index in [4.69, 9.17) is 0 Å². The normalized spacial score (nSPS) is 14.8. The van der Waals surface area contributed by atoms with Gasteiger partial charge in [-0.1, -0.05) is 42.5 Å². The second-order valence-electron chi connectivity index (χ2n) is 6.10. The number of nitrogens with zero attached hydrogens (tertiary/aromatic N) is 1. The molecule has 0 spiro atoms. The summed E-state index contributed by atoms with van der Waals surface area (Å²) in [5.74, 6) is -0.426. The zero-order valence-electron chi connectivity index (χ0n) is 14.5. The van der Waals surface area contributed by atoms with E-state index in [-0.39, 0.29) is 0 Å². The molecule has 0 aromatic heterocycles. The fourth-order valence-corrected chi connectivity index (χ4v) is 2.64. The minimum Gasteiger partial charge on any atom is -0.376 e. The number of rotatable bonds is 6. The van der Waals surface area contributed by atoms with Crippen molar-refractivity contribution in [1.29, 1.82) is 0 Å². The van der Waals surface area contributed by atoms with Crippen molar-refractivity contribution < 1.29 is 20.1 Å². The summed E-state index contributed by atoms with van der Waals surface area (Å²) in [4.78, 5) is 13.9. The van der Waals surface area contributed by atoms with Crippen LogP contribution in [0.15, 0.2) is 54.6 Å². The zero-order valence-corrected chi connectivity index (χ0v) is 14.5. The molecule has 0 heterocycles. The van der Waals surface area contributed by atoms with E-state index in [0.29, 0.717) is 5.56 Å². The van der Waals surface area contributed by atoms with Crippen LogP contribution in [-0.2, 0) is 0 Å². The Balaban J connectivity index is 2.27. The van der Waals surface area contributed by atoms with Gasteiger partial charge < -0.3 is 20.2 Å². The largest absolute Gasteiger partial charge is 0.376 e. The van der Waals surface area contributed by atoms with Crippen LogP contribution in [0, 0.1) is 0 Å². The molecule has 0 radical (unpaired) electrons. The van der Waals surface area contributed by atoms with Crippen molar-refractivity contribution in [3.8, 4) is 11.1 Å². The fourth-order valence-electron chi connectivity index (χ4n) is 2.64. The van der Waals surface area contributed by atoms with Crippen LogP contribution in [-0.4, -0.2) is 58.3 Å². The molecule has 2 unspecified atom stereocenters. The van der Waals surface area contributed by atoms with Gasteiger partial charge in [0.05, 0.1) is 0 Å². The van der Waals surface area contributed by atoms with Gasteiger partial charge >= 0.3 is 0 Å². The summed E-state index contributed by atoms with van der Waals surface area (Å²) in [6.45, 7) is 1.40. The second-order valence-corrected chi connectivity index (χ2v) is 6.10. The number of likely N-dealkylation sites (N-methyl/N-ethyl adjacent to an activating group) is 2. The molecule has 2 rings (SSSR count). The Kier molecular flexibility index (Phi) is 5.92. The quantitative estimate of drug-likeness (QED) is 0.588. The van der Waals surface area contributed by atoms with Crippen molar-refractivity contribution in [1.82, 2.24) is 10.2 Å². The first-order valence-corrected chi connectivity index (χ1v) is 7.97. The van der Waals surface area contributed by atoms with Crippen molar-refractivity contribution >= 4 is 5.91 Å². The lowest BCUT2D eigenvalue weighted by Crippen LogP contribution is -2.65. The number of benzene rings is 2. The number of nitrogens with one attached hydrogen (secondary N) is 1. The maximum Gasteiger partial charge on any atom is 0.254 e. The molecule has 1 amide bonds. The summed E-state index contributed by atoms with van der Waals surface area (Å²) in [5, 5.41) is 32.0. The van der Waals surface area contributed by atoms with E-state index < -0.39 is 24.0 Å². The van der Waals surface area contributed by atoms with Gasteiger partial charge in [-0.3, -0.25) is 10.1 Å². The molecule has 0 aliphatic carbocycles. The fraction of sp³-hybridized carbons (Fsp3) is 0.316. The molecular weight excluding hydrogens is 320 g/mol. The van der Waals surface area contributed by atoms with Crippen LogP contribution in [0.4, 0.5) is 0 Å². The van der Waals surface area contributed by atoms with Gasteiger partial charge in [0.15, 0.2) is 6.29 Å². The average Bonchev–Trinajstić information content (AvgIpc) is 2.66. The van der Waals surface area contributed by atoms with Gasteiger partial charge in [0.1, 0.15) is 11.8 Å². The Morgan fingerprint density at radius 2 is 1.52 bits per heavy atom. The molecule has 25 heavy (non-hydrogen) atoms. The van der Waals surface area contributed by atoms with E-state index in [1.165, 1.54) is 21.0 Å². The van der Waals surface area contributed by atoms with Gasteiger partial charge in [0.2, 0.25) is 0 Å². The number of hydrogen-bond acceptors (Lipinski definition) is 5. The molecule has 4 N–H and O–H groups in total. The van der Waals surface area contributed by atoms with Crippen LogP contribution in [0.5, 0.6) is 0 Å². The second kappa shape index (κ2) is 7.76. The molecule has 0 aliphatic rings. The van der Waals surface area contributed by atoms with E-state index in [1.54, 1.807) is 12.1 Å². The van der Waals surface area contributed by atoms with E-state index in [9.17, 15) is 20.1 Å². The van der Waals surface area contributed by atoms with Crippen molar-refractivity contribution in [2.45, 2.75) is 25.0 Å². The summed E-state index contributed by atoms with van der Waals surface area (Å²) in [6, 6.07) is 16.8. The lowest BCUT2D eigenvalue weighted by molar-refractivity contribution is -0.174. The summed E-state index contributed by atoms with van der Waals surface area (Å²) >= 11 is 0. The van der Waals surface area contributed by atoms with Crippen molar-refractivity contribution in [3.05, 3.63) is 60.2 Å². The van der Waals surface area contributed by atoms with Crippen molar-refractivity contribution in [2.24, 2.45) is 0 Å². The Morgan fingerprint density at radius 3 is 2.00 bits per heavy atom. The first kappa shape index (κ1) is 19.1. The number of carbonyl (C=O) groups excluding carboxylic acids is 1. The molecule has 2 aromatic rings. The maximum atomic E-state index is 12.7. The van der Waals surface area contributed by atoms with E-state index in [0.717, 1.165) is 16.0 Å². The predicted octanol–water partition coefficient (Wildman–Crippen LogP) is 1.03. The van der Waals surface area contributed by atoms with E-state index in [2.05, 4.69) is 5.32 Å². The third-order valence-corrected chi connectivity index (χ3v) is 4.62. The Hall–Kier alpha value is -2.25. The van der Waals surface area contributed by atoms with Crippen LogP contribution < -0.4 is 5.32 Å². The molecule has 6 heteroatoms. The van der Waals surface area contributed by atoms with Crippen molar-refractivity contribution in [3.63, 3.8) is 0 Å². The Morgan fingerprint density at radius 1 is 1.00 bits per heavy atom. The van der Waals surface area contributed by atoms with Gasteiger partial charge in [-0.05, 0) is 37.2 Å². The van der Waals surface area contributed by atoms with Crippen LogP contribution >= 0.6 is 0 Å². The monoisotopic (exact) mass is 344 g/mol. The zero-order chi connectivity index (χ0) is 18.6. The highest BCUT2D eigenvalue weighted by Gasteiger charge is 2.45. The summed E-state index contributed by atoms with van der Waals surface area (Å²) < 4.78 is 0. The average molecular weight is 344 g/mol. The van der Waals surface area contributed by atoms with E-state index in [1.807, 2.05) is 42.5 Å². The summed E-state index contributed by atoms with van der Waals surface area (Å²) in [7, 11) is 2.89. The SMILES string of the molecule is CNC(O)C(C)(C(O)O)N(C)C(=O)c1ccc(-c2ccccc2)cc1. The number of hydrogen-bond donors (Lipinski definition) is 4. The van der Waals surface area contributed by atoms with Crippen LogP contribution in [0.1, 0.15) is 17.3 Å². The molecule has 0 saturated carbocycles. The first-order chi connectivity index (χ1) is 11.8. The molecule has 0 fully saturated rings. The first-order valence-electron chi connectivity index (χ1n) is 7.97. The van der Waals surface area contributed by atoms with Gasteiger partial charge in [-0.2, -0.15) is 0 Å². The van der Waals surface area contributed by atoms with Crippen LogP contribution in [0.3, 0.4) is 0 Å². The minimum atomic E-state index is -1.92. The third-order valence-electron chi connectivity index (χ3n) is 4.62. The van der Waals surface area contributed by atoms with Crippen molar-refractivity contribution in [2.75, 3.05) is 14.1 Å². The maximum absolute atomic E-state index is 12.7. The lowest BCUT2D eigenvalue weighted by atomic mass is 9.95. The van der Waals surface area contributed by atoms with Gasteiger partial charge in [-0.15, -0.1) is 0 Å². The highest BCUT2D eigenvalue weighted by Crippen LogP contribution is 2.24. The topological polar surface area (TPSA) is 93.0 Å². The number of carbonyl (C=O) groups is 1. The highest BCUT2D eigenvalue weighted by molar-refractivity contribution is 5.95. The number of aliphatic hydroxyl groups excluding tert-OH is 2. The standard InChI is InChI=1S/C19H24N2O4/c1-19(18(24)25,17(23)20-2)21(3)16(22)15-11-9-14(10-12-15)13-7-5-4-6-8-13/h4-12,17-18,20,23-25H,1-3H3. The third kappa shape index (κ3) is 3.72. The highest BCUT2D eigenvalue weighted by atomic mass is 16.5. The lowest BCUT2D eigenvalue weighted by Gasteiger charge is -2.43. The molecule has 0 saturated heterocycles. The van der Waals surface area contributed by atoms with Crippen LogP contribution in [0.25, 0.3) is 11.1 Å². The Labute approximate surface area is 147 Å². The molecule has 2 atom stereocenters. The van der Waals surface area contributed by atoms with Gasteiger partial charge in [0.25, 0.3) is 5.91 Å². The summed E-state index contributed by atoms with van der Waals surface area (Å²) in [5.41, 5.74) is 0.790. The molecular formula is C19H24N2O4. The predicted molar refractivity (Wildman–Crippen MR) is 95.7 cm³/mol. The van der Waals surface area contributed by atoms with E-state index >= 15 is 0 Å². The molecule has 6 nitrogen and oxygen atoms in total. The Bertz CT molecular complexity index is 703. The smallest absolute Gasteiger partial charge is 0.254 e. The molecule has 0 aliphatic heterocycles. The summed E-state index contributed by atoms with van der Waals surface area (Å²) in [6.07, 6.45) is -3.24. The van der Waals surface area contributed by atoms with Gasteiger partial charge in [-0.25, -0.2) is 0 Å². The molecule has 0 bridgehead atoms. The molecule has 2 aromatic carbocycles. The minimum absolute atomic E-state index is 0.386.